The lowest BCUT2D eigenvalue weighted by molar-refractivity contribution is -0.129. The molecular weight excluding hydrogens is 406 g/mol. The second-order valence-corrected chi connectivity index (χ2v) is 9.87. The van der Waals surface area contributed by atoms with Crippen molar-refractivity contribution in [1.29, 1.82) is 0 Å². The average molecular weight is 428 g/mol. The molecular formula is C21H21N3O3S2. The van der Waals surface area contributed by atoms with Gasteiger partial charge in [0, 0.05) is 13.1 Å². The zero-order chi connectivity index (χ0) is 20.4. The first-order valence-corrected chi connectivity index (χ1v) is 11.6. The summed E-state index contributed by atoms with van der Waals surface area (Å²) in [5.74, 6) is -0.230. The fraction of sp³-hybridized carbons (Fsp3) is 0.238. The van der Waals surface area contributed by atoms with E-state index in [1.54, 1.807) is 17.0 Å². The van der Waals surface area contributed by atoms with Gasteiger partial charge in [-0.05, 0) is 42.7 Å². The minimum absolute atomic E-state index is 0.145. The number of carbonyl (C=O) groups excluding carboxylic acids is 1. The van der Waals surface area contributed by atoms with E-state index in [-0.39, 0.29) is 17.3 Å². The number of hydrogen-bond donors (Lipinski definition) is 1. The van der Waals surface area contributed by atoms with Crippen LogP contribution in [0.2, 0.25) is 0 Å². The van der Waals surface area contributed by atoms with E-state index in [1.807, 2.05) is 31.2 Å². The van der Waals surface area contributed by atoms with Crippen molar-refractivity contribution < 1.29 is 13.2 Å². The molecule has 2 aromatic carbocycles. The van der Waals surface area contributed by atoms with Gasteiger partial charge in [-0.25, -0.2) is 18.1 Å². The van der Waals surface area contributed by atoms with Gasteiger partial charge in [0.05, 0.1) is 26.7 Å². The molecule has 29 heavy (non-hydrogen) atoms. The van der Waals surface area contributed by atoms with Crippen molar-refractivity contribution in [3.05, 3.63) is 65.2 Å². The van der Waals surface area contributed by atoms with Crippen LogP contribution >= 0.6 is 11.3 Å². The van der Waals surface area contributed by atoms with Crippen molar-refractivity contribution in [2.45, 2.75) is 18.2 Å². The van der Waals surface area contributed by atoms with E-state index in [2.05, 4.69) is 21.8 Å². The summed E-state index contributed by atoms with van der Waals surface area (Å²) in [7, 11) is -3.76. The molecule has 0 fully saturated rings. The Morgan fingerprint density at radius 1 is 1.21 bits per heavy atom. The second kappa shape index (κ2) is 8.06. The van der Waals surface area contributed by atoms with Gasteiger partial charge in [-0.15, -0.1) is 11.3 Å². The summed E-state index contributed by atoms with van der Waals surface area (Å²) < 4.78 is 28.4. The number of amides is 1. The van der Waals surface area contributed by atoms with Crippen LogP contribution in [0.3, 0.4) is 0 Å². The number of fused-ring (bicyclic) bond motifs is 1. The third kappa shape index (κ3) is 4.39. The Morgan fingerprint density at radius 3 is 2.72 bits per heavy atom. The van der Waals surface area contributed by atoms with E-state index in [9.17, 15) is 13.2 Å². The quantitative estimate of drug-likeness (QED) is 0.678. The maximum Gasteiger partial charge on any atom is 0.241 e. The number of nitrogens with one attached hydrogen (secondary N) is 1. The van der Waals surface area contributed by atoms with E-state index in [0.29, 0.717) is 13.1 Å². The molecule has 4 rings (SSSR count). The van der Waals surface area contributed by atoms with Gasteiger partial charge in [0.15, 0.2) is 0 Å². The number of benzene rings is 2. The van der Waals surface area contributed by atoms with Gasteiger partial charge in [-0.3, -0.25) is 4.79 Å². The van der Waals surface area contributed by atoms with Gasteiger partial charge in [0.1, 0.15) is 0 Å². The molecule has 1 aliphatic rings. The van der Waals surface area contributed by atoms with Crippen LogP contribution in [0.5, 0.6) is 0 Å². The summed E-state index contributed by atoms with van der Waals surface area (Å²) in [6.07, 6.45) is 2.79. The van der Waals surface area contributed by atoms with E-state index in [4.69, 9.17) is 0 Å². The number of aromatic nitrogens is 1. The Morgan fingerprint density at radius 2 is 2.00 bits per heavy atom. The lowest BCUT2D eigenvalue weighted by Gasteiger charge is -2.26. The summed E-state index contributed by atoms with van der Waals surface area (Å²) in [5.41, 5.74) is 3.15. The standard InChI is InChI=1S/C21H21N3O3S2/c1-15-23-19-8-7-18(13-20(19)28-15)29(26,27)22-14-21(25)24-11-9-17(10-12-24)16-5-3-2-4-6-16/h2-9,13,22H,10-12,14H2,1H3. The van der Waals surface area contributed by atoms with Crippen molar-refractivity contribution >= 4 is 43.1 Å². The lowest BCUT2D eigenvalue weighted by Crippen LogP contribution is -2.42. The Balaban J connectivity index is 1.39. The Kier molecular flexibility index (Phi) is 5.49. The minimum atomic E-state index is -3.76. The topological polar surface area (TPSA) is 79.4 Å². The number of carbonyl (C=O) groups is 1. The molecule has 2 heterocycles. The highest BCUT2D eigenvalue weighted by atomic mass is 32.2. The number of hydrogen-bond acceptors (Lipinski definition) is 5. The van der Waals surface area contributed by atoms with E-state index in [0.717, 1.165) is 27.2 Å². The van der Waals surface area contributed by atoms with Gasteiger partial charge in [0.25, 0.3) is 0 Å². The first kappa shape index (κ1) is 19.8. The fourth-order valence-electron chi connectivity index (χ4n) is 3.35. The Labute approximate surface area is 173 Å². The third-order valence-corrected chi connectivity index (χ3v) is 7.23. The highest BCUT2D eigenvalue weighted by molar-refractivity contribution is 7.89. The Bertz CT molecular complexity index is 1180. The molecule has 0 saturated heterocycles. The second-order valence-electron chi connectivity index (χ2n) is 6.87. The molecule has 0 bridgehead atoms. The first-order valence-electron chi connectivity index (χ1n) is 9.31. The van der Waals surface area contributed by atoms with Gasteiger partial charge < -0.3 is 4.90 Å². The van der Waals surface area contributed by atoms with Crippen molar-refractivity contribution in [1.82, 2.24) is 14.6 Å². The van der Waals surface area contributed by atoms with Gasteiger partial charge in [0.2, 0.25) is 15.9 Å². The molecule has 3 aromatic rings. The largest absolute Gasteiger partial charge is 0.337 e. The molecule has 1 amide bonds. The minimum Gasteiger partial charge on any atom is -0.337 e. The molecule has 1 N–H and O–H groups in total. The molecule has 0 saturated carbocycles. The van der Waals surface area contributed by atoms with Crippen LogP contribution in [-0.4, -0.2) is 43.8 Å². The molecule has 0 radical (unpaired) electrons. The maximum atomic E-state index is 12.6. The van der Waals surface area contributed by atoms with Crippen LogP contribution in [0.15, 0.2) is 59.5 Å². The van der Waals surface area contributed by atoms with E-state index in [1.165, 1.54) is 23.0 Å². The molecule has 6 nitrogen and oxygen atoms in total. The smallest absolute Gasteiger partial charge is 0.241 e. The summed E-state index contributed by atoms with van der Waals surface area (Å²) in [4.78, 5) is 18.6. The molecule has 1 aromatic heterocycles. The average Bonchev–Trinajstić information content (AvgIpc) is 3.12. The van der Waals surface area contributed by atoms with Crippen LogP contribution in [0, 0.1) is 6.92 Å². The molecule has 0 atom stereocenters. The van der Waals surface area contributed by atoms with Gasteiger partial charge in [-0.1, -0.05) is 36.4 Å². The predicted octanol–water partition coefficient (Wildman–Crippen LogP) is 3.20. The number of thiazole rings is 1. The van der Waals surface area contributed by atoms with Crippen molar-refractivity contribution in [3.63, 3.8) is 0 Å². The van der Waals surface area contributed by atoms with Crippen LogP contribution in [0.4, 0.5) is 0 Å². The number of rotatable bonds is 5. The number of sulfonamides is 1. The van der Waals surface area contributed by atoms with Crippen molar-refractivity contribution in [2.24, 2.45) is 0 Å². The summed E-state index contributed by atoms with van der Waals surface area (Å²) in [6, 6.07) is 14.9. The zero-order valence-electron chi connectivity index (χ0n) is 16.0. The third-order valence-electron chi connectivity index (χ3n) is 4.90. The monoisotopic (exact) mass is 427 g/mol. The summed E-state index contributed by atoms with van der Waals surface area (Å²) in [6.45, 7) is 2.69. The predicted molar refractivity (Wildman–Crippen MR) is 115 cm³/mol. The van der Waals surface area contributed by atoms with Gasteiger partial charge in [-0.2, -0.15) is 0 Å². The van der Waals surface area contributed by atoms with Crippen LogP contribution in [0.1, 0.15) is 17.0 Å². The Hall–Kier alpha value is -2.55. The van der Waals surface area contributed by atoms with Crippen LogP contribution in [0.25, 0.3) is 15.8 Å². The van der Waals surface area contributed by atoms with Crippen molar-refractivity contribution in [2.75, 3.05) is 19.6 Å². The fourth-order valence-corrected chi connectivity index (χ4v) is 5.29. The molecule has 0 unspecified atom stereocenters. The SMILES string of the molecule is Cc1nc2ccc(S(=O)(=O)NCC(=O)N3CC=C(c4ccccc4)CC3)cc2s1. The molecule has 0 spiro atoms. The summed E-state index contributed by atoms with van der Waals surface area (Å²) >= 11 is 1.44. The van der Waals surface area contributed by atoms with Crippen molar-refractivity contribution in [3.8, 4) is 0 Å². The highest BCUT2D eigenvalue weighted by Crippen LogP contribution is 2.25. The highest BCUT2D eigenvalue weighted by Gasteiger charge is 2.21. The molecule has 150 valence electrons. The number of nitrogens with zero attached hydrogens (tertiary/aromatic N) is 2. The zero-order valence-corrected chi connectivity index (χ0v) is 17.6. The van der Waals surface area contributed by atoms with Crippen LogP contribution < -0.4 is 4.72 Å². The van der Waals surface area contributed by atoms with E-state index >= 15 is 0 Å². The number of aryl methyl sites for hydroxylation is 1. The normalized spacial score (nSPS) is 14.8. The van der Waals surface area contributed by atoms with E-state index < -0.39 is 10.0 Å². The lowest BCUT2D eigenvalue weighted by atomic mass is 9.99. The molecule has 0 aliphatic carbocycles. The first-order chi connectivity index (χ1) is 13.9. The van der Waals surface area contributed by atoms with Gasteiger partial charge >= 0.3 is 0 Å². The molecule has 8 heteroatoms. The maximum absolute atomic E-state index is 12.6. The molecule has 1 aliphatic heterocycles. The van der Waals surface area contributed by atoms with Crippen LogP contribution in [-0.2, 0) is 14.8 Å². The summed E-state index contributed by atoms with van der Waals surface area (Å²) in [5, 5.41) is 0.880.